The maximum absolute atomic E-state index is 12.8. The summed E-state index contributed by atoms with van der Waals surface area (Å²) >= 11 is 3.18. The normalized spacial score (nSPS) is 12.4. The van der Waals surface area contributed by atoms with Gasteiger partial charge in [-0.2, -0.15) is 17.5 Å². The van der Waals surface area contributed by atoms with Gasteiger partial charge in [-0.05, 0) is 36.4 Å². The molecule has 1 aromatic carbocycles. The molecule has 0 spiro atoms. The van der Waals surface area contributed by atoms with Crippen molar-refractivity contribution in [2.75, 3.05) is 20.1 Å². The van der Waals surface area contributed by atoms with Crippen LogP contribution < -0.4 is 0 Å². The van der Waals surface area contributed by atoms with Crippen molar-refractivity contribution in [2.24, 2.45) is 0 Å². The highest BCUT2D eigenvalue weighted by atomic mass is 79.9. The molecule has 0 fully saturated rings. The van der Waals surface area contributed by atoms with E-state index < -0.39 is 41.7 Å². The lowest BCUT2D eigenvalue weighted by atomic mass is 10.3. The molecule has 0 bridgehead atoms. The second-order valence-corrected chi connectivity index (χ2v) is 8.62. The predicted octanol–water partition coefficient (Wildman–Crippen LogP) is 3.25. The number of benzene rings is 1. The van der Waals surface area contributed by atoms with Crippen molar-refractivity contribution in [3.8, 4) is 0 Å². The number of halogens is 4. The van der Waals surface area contributed by atoms with Gasteiger partial charge in [-0.3, -0.25) is 4.79 Å². The van der Waals surface area contributed by atoms with Gasteiger partial charge < -0.3 is 9.32 Å². The Morgan fingerprint density at radius 1 is 1.19 bits per heavy atom. The van der Waals surface area contributed by atoms with Gasteiger partial charge in [0.05, 0.1) is 24.2 Å². The van der Waals surface area contributed by atoms with Crippen LogP contribution in [0.15, 0.2) is 56.4 Å². The Kier molecular flexibility index (Phi) is 6.71. The average Bonchev–Trinajstić information content (AvgIpc) is 3.06. The van der Waals surface area contributed by atoms with Crippen LogP contribution in [-0.4, -0.2) is 49.8 Å². The van der Waals surface area contributed by atoms with Crippen LogP contribution in [0.5, 0.6) is 0 Å². The van der Waals surface area contributed by atoms with Crippen molar-refractivity contribution in [2.45, 2.75) is 17.6 Å². The highest BCUT2D eigenvalue weighted by molar-refractivity contribution is 9.10. The Morgan fingerprint density at radius 2 is 1.81 bits per heavy atom. The first-order chi connectivity index (χ1) is 12.5. The zero-order chi connectivity index (χ0) is 20.2. The van der Waals surface area contributed by atoms with Crippen LogP contribution in [0.2, 0.25) is 0 Å². The molecule has 0 aliphatic carbocycles. The quantitative estimate of drug-likeness (QED) is 0.625. The molecular weight excluding hydrogens is 453 g/mol. The molecule has 0 aliphatic rings. The minimum Gasteiger partial charge on any atom is -0.467 e. The number of nitrogens with zero attached hydrogens (tertiary/aromatic N) is 2. The Balaban J connectivity index is 2.15. The van der Waals surface area contributed by atoms with Crippen molar-refractivity contribution >= 4 is 31.9 Å². The van der Waals surface area contributed by atoms with E-state index in [-0.39, 0.29) is 10.7 Å². The molecule has 11 heteroatoms. The Labute approximate surface area is 162 Å². The zero-order valence-corrected chi connectivity index (χ0v) is 16.5. The second kappa shape index (κ2) is 8.44. The Morgan fingerprint density at radius 3 is 2.33 bits per heavy atom. The molecule has 2 aromatic rings. The molecule has 0 saturated carbocycles. The van der Waals surface area contributed by atoms with Gasteiger partial charge in [-0.1, -0.05) is 15.9 Å². The standard InChI is InChI=1S/C16H16BrF3N2O4S/c1-21(27(24,25)14-6-4-12(17)5-7-14)10-15(23)22(11-16(18,19)20)9-13-3-2-8-26-13/h2-8H,9-11H2,1H3. The lowest BCUT2D eigenvalue weighted by Gasteiger charge is -2.25. The van der Waals surface area contributed by atoms with Crippen LogP contribution >= 0.6 is 15.9 Å². The molecule has 148 valence electrons. The van der Waals surface area contributed by atoms with Crippen molar-refractivity contribution in [1.29, 1.82) is 0 Å². The number of sulfonamides is 1. The first kappa shape index (κ1) is 21.5. The molecule has 27 heavy (non-hydrogen) atoms. The molecule has 0 unspecified atom stereocenters. The number of furan rings is 1. The minimum atomic E-state index is -4.63. The first-order valence-corrected chi connectivity index (χ1v) is 9.81. The molecule has 0 atom stereocenters. The summed E-state index contributed by atoms with van der Waals surface area (Å²) in [6, 6.07) is 8.59. The number of carbonyl (C=O) groups excluding carboxylic acids is 1. The fourth-order valence-corrected chi connectivity index (χ4v) is 3.59. The first-order valence-electron chi connectivity index (χ1n) is 7.58. The lowest BCUT2D eigenvalue weighted by molar-refractivity contribution is -0.162. The highest BCUT2D eigenvalue weighted by Gasteiger charge is 2.34. The van der Waals surface area contributed by atoms with Crippen LogP contribution in [0.1, 0.15) is 5.76 Å². The predicted molar refractivity (Wildman–Crippen MR) is 94.1 cm³/mol. The number of alkyl halides is 3. The van der Waals surface area contributed by atoms with E-state index in [0.29, 0.717) is 13.7 Å². The van der Waals surface area contributed by atoms with Crippen LogP contribution in [0.3, 0.4) is 0 Å². The number of hydrogen-bond donors (Lipinski definition) is 0. The summed E-state index contributed by atoms with van der Waals surface area (Å²) in [6.07, 6.45) is -3.36. The second-order valence-electron chi connectivity index (χ2n) is 5.66. The van der Waals surface area contributed by atoms with E-state index in [9.17, 15) is 26.4 Å². The van der Waals surface area contributed by atoms with Crippen molar-refractivity contribution in [3.05, 3.63) is 52.9 Å². The van der Waals surface area contributed by atoms with Gasteiger partial charge in [-0.25, -0.2) is 8.42 Å². The van der Waals surface area contributed by atoms with E-state index in [2.05, 4.69) is 15.9 Å². The third kappa shape index (κ3) is 6.08. The number of carbonyl (C=O) groups is 1. The Hall–Kier alpha value is -1.85. The van der Waals surface area contributed by atoms with Crippen molar-refractivity contribution in [1.82, 2.24) is 9.21 Å². The molecule has 6 nitrogen and oxygen atoms in total. The molecule has 2 rings (SSSR count). The van der Waals surface area contributed by atoms with Crippen LogP contribution in [0, 0.1) is 0 Å². The number of rotatable bonds is 7. The van der Waals surface area contributed by atoms with Crippen LogP contribution in [-0.2, 0) is 21.4 Å². The van der Waals surface area contributed by atoms with Gasteiger partial charge in [0.1, 0.15) is 12.3 Å². The highest BCUT2D eigenvalue weighted by Crippen LogP contribution is 2.21. The van der Waals surface area contributed by atoms with Crippen molar-refractivity contribution in [3.63, 3.8) is 0 Å². The summed E-state index contributed by atoms with van der Waals surface area (Å²) in [5.41, 5.74) is 0. The molecule has 0 aliphatic heterocycles. The van der Waals surface area contributed by atoms with E-state index in [0.717, 1.165) is 7.05 Å². The van der Waals surface area contributed by atoms with E-state index in [1.54, 1.807) is 0 Å². The topological polar surface area (TPSA) is 70.8 Å². The summed E-state index contributed by atoms with van der Waals surface area (Å²) in [5, 5.41) is 0. The Bertz CT molecular complexity index is 868. The van der Waals surface area contributed by atoms with E-state index in [1.165, 1.54) is 42.7 Å². The molecular formula is C16H16BrF3N2O4S. The molecule has 0 radical (unpaired) electrons. The molecule has 1 amide bonds. The van der Waals surface area contributed by atoms with Gasteiger partial charge >= 0.3 is 6.18 Å². The van der Waals surface area contributed by atoms with Crippen LogP contribution in [0.4, 0.5) is 13.2 Å². The van der Waals surface area contributed by atoms with E-state index in [1.807, 2.05) is 0 Å². The van der Waals surface area contributed by atoms with Gasteiger partial charge in [0.2, 0.25) is 15.9 Å². The summed E-state index contributed by atoms with van der Waals surface area (Å²) in [5.74, 6) is -0.835. The summed E-state index contributed by atoms with van der Waals surface area (Å²) in [4.78, 5) is 12.8. The average molecular weight is 469 g/mol. The third-order valence-corrected chi connectivity index (χ3v) is 5.88. The van der Waals surface area contributed by atoms with Gasteiger partial charge in [0, 0.05) is 11.5 Å². The van der Waals surface area contributed by atoms with Gasteiger partial charge in [0.15, 0.2) is 0 Å². The minimum absolute atomic E-state index is 0.0746. The largest absolute Gasteiger partial charge is 0.467 e. The number of likely N-dealkylation sites (N-methyl/N-ethyl adjacent to an activating group) is 1. The summed E-state index contributed by atoms with van der Waals surface area (Å²) in [7, 11) is -2.90. The van der Waals surface area contributed by atoms with Crippen LogP contribution in [0.25, 0.3) is 0 Å². The fraction of sp³-hybridized carbons (Fsp3) is 0.312. The van der Waals surface area contributed by atoms with Crippen molar-refractivity contribution < 1.29 is 30.8 Å². The van der Waals surface area contributed by atoms with Gasteiger partial charge in [-0.15, -0.1) is 0 Å². The number of hydrogen-bond acceptors (Lipinski definition) is 4. The summed E-state index contributed by atoms with van der Waals surface area (Å²) < 4.78 is 69.8. The zero-order valence-electron chi connectivity index (χ0n) is 14.1. The van der Waals surface area contributed by atoms with Gasteiger partial charge in [0.25, 0.3) is 0 Å². The maximum Gasteiger partial charge on any atom is 0.406 e. The lowest BCUT2D eigenvalue weighted by Crippen LogP contribution is -2.44. The SMILES string of the molecule is CN(CC(=O)N(Cc1ccco1)CC(F)(F)F)S(=O)(=O)c1ccc(Br)cc1. The number of amides is 1. The molecule has 0 N–H and O–H groups in total. The monoisotopic (exact) mass is 468 g/mol. The smallest absolute Gasteiger partial charge is 0.406 e. The molecule has 0 saturated heterocycles. The third-order valence-electron chi connectivity index (χ3n) is 3.53. The van der Waals surface area contributed by atoms with E-state index >= 15 is 0 Å². The molecule has 1 aromatic heterocycles. The van der Waals surface area contributed by atoms with E-state index in [4.69, 9.17) is 4.42 Å². The fourth-order valence-electron chi connectivity index (χ4n) is 2.20. The molecule has 1 heterocycles. The maximum atomic E-state index is 12.8. The summed E-state index contributed by atoms with van der Waals surface area (Å²) in [6.45, 7) is -2.68.